The number of ether oxygens (including phenoxy) is 1. The van der Waals surface area contributed by atoms with Gasteiger partial charge in [-0.3, -0.25) is 4.98 Å². The molecule has 94 valence electrons. The molecule has 5 heteroatoms. The maximum atomic E-state index is 10.4. The van der Waals surface area contributed by atoms with E-state index in [0.717, 1.165) is 5.69 Å². The lowest BCUT2D eigenvalue weighted by Crippen LogP contribution is -2.45. The summed E-state index contributed by atoms with van der Waals surface area (Å²) in [7, 11) is 1.93. The van der Waals surface area contributed by atoms with Crippen LogP contribution >= 0.6 is 11.6 Å². The Labute approximate surface area is 106 Å². The molecule has 0 unspecified atom stereocenters. The van der Waals surface area contributed by atoms with E-state index < -0.39 is 5.60 Å². The number of aromatic nitrogens is 1. The maximum absolute atomic E-state index is 10.4. The van der Waals surface area contributed by atoms with Gasteiger partial charge in [0, 0.05) is 52.0 Å². The molecule has 0 amide bonds. The Morgan fingerprint density at radius 3 is 2.88 bits per heavy atom. The van der Waals surface area contributed by atoms with Crippen molar-refractivity contribution in [3.63, 3.8) is 0 Å². The number of hydrogen-bond acceptors (Lipinski definition) is 4. The van der Waals surface area contributed by atoms with Crippen LogP contribution in [-0.2, 0) is 4.74 Å². The molecule has 1 N–H and O–H groups in total. The van der Waals surface area contributed by atoms with Crippen molar-refractivity contribution in [1.82, 2.24) is 4.98 Å². The Morgan fingerprint density at radius 2 is 2.24 bits per heavy atom. The van der Waals surface area contributed by atoms with Crippen LogP contribution in [0.3, 0.4) is 0 Å². The minimum Gasteiger partial charge on any atom is -0.388 e. The molecule has 0 bridgehead atoms. The van der Waals surface area contributed by atoms with E-state index in [4.69, 9.17) is 16.3 Å². The first-order valence-electron chi connectivity index (χ1n) is 5.71. The van der Waals surface area contributed by atoms with E-state index in [1.807, 2.05) is 18.0 Å². The van der Waals surface area contributed by atoms with E-state index in [1.54, 1.807) is 12.4 Å². The van der Waals surface area contributed by atoms with Crippen LogP contribution in [0.15, 0.2) is 18.5 Å². The van der Waals surface area contributed by atoms with Crippen molar-refractivity contribution in [3.05, 3.63) is 23.5 Å². The highest BCUT2D eigenvalue weighted by Gasteiger charge is 2.31. The molecule has 0 aliphatic carbocycles. The summed E-state index contributed by atoms with van der Waals surface area (Å²) in [6.45, 7) is 1.79. The van der Waals surface area contributed by atoms with Crippen molar-refractivity contribution in [2.75, 3.05) is 31.7 Å². The Hall–Kier alpha value is -0.840. The largest absolute Gasteiger partial charge is 0.388 e. The summed E-state index contributed by atoms with van der Waals surface area (Å²) in [5.41, 5.74) is 0.209. The van der Waals surface area contributed by atoms with Gasteiger partial charge in [0.05, 0.1) is 16.3 Å². The van der Waals surface area contributed by atoms with Gasteiger partial charge in [-0.25, -0.2) is 0 Å². The fraction of sp³-hybridized carbons (Fsp3) is 0.583. The fourth-order valence-electron chi connectivity index (χ4n) is 2.11. The maximum Gasteiger partial charge on any atom is 0.0865 e. The molecule has 1 saturated heterocycles. The summed E-state index contributed by atoms with van der Waals surface area (Å²) < 4.78 is 5.26. The first-order valence-corrected chi connectivity index (χ1v) is 6.09. The predicted molar refractivity (Wildman–Crippen MR) is 67.5 cm³/mol. The third-order valence-electron chi connectivity index (χ3n) is 3.12. The van der Waals surface area contributed by atoms with Gasteiger partial charge in [0.15, 0.2) is 0 Å². The van der Waals surface area contributed by atoms with Crippen LogP contribution in [0.2, 0.25) is 5.02 Å². The van der Waals surface area contributed by atoms with Gasteiger partial charge in [0.2, 0.25) is 0 Å². The van der Waals surface area contributed by atoms with E-state index in [-0.39, 0.29) is 0 Å². The van der Waals surface area contributed by atoms with Gasteiger partial charge in [-0.1, -0.05) is 11.6 Å². The third-order valence-corrected chi connectivity index (χ3v) is 3.41. The first kappa shape index (κ1) is 12.6. The normalized spacial score (nSPS) is 19.0. The molecule has 0 atom stereocenters. The molecule has 1 aliphatic heterocycles. The van der Waals surface area contributed by atoms with Crippen LogP contribution in [-0.4, -0.2) is 42.5 Å². The molecule has 0 saturated carbocycles. The van der Waals surface area contributed by atoms with Gasteiger partial charge < -0.3 is 14.7 Å². The average molecular weight is 257 g/mol. The van der Waals surface area contributed by atoms with Gasteiger partial charge >= 0.3 is 0 Å². The lowest BCUT2D eigenvalue weighted by Gasteiger charge is -2.36. The zero-order valence-corrected chi connectivity index (χ0v) is 10.7. The molecule has 17 heavy (non-hydrogen) atoms. The van der Waals surface area contributed by atoms with Gasteiger partial charge in [-0.05, 0) is 6.07 Å². The standard InChI is InChI=1S/C12H17ClN2O2/c1-15(11-2-5-14-8-10(11)13)9-12(16)3-6-17-7-4-12/h2,5,8,16H,3-4,6-7,9H2,1H3. The summed E-state index contributed by atoms with van der Waals surface area (Å²) in [5, 5.41) is 11.0. The summed E-state index contributed by atoms with van der Waals surface area (Å²) in [4.78, 5) is 5.92. The van der Waals surface area contributed by atoms with Crippen LogP contribution < -0.4 is 4.90 Å². The van der Waals surface area contributed by atoms with Crippen LogP contribution in [0.4, 0.5) is 5.69 Å². The van der Waals surface area contributed by atoms with Crippen molar-refractivity contribution in [3.8, 4) is 0 Å². The van der Waals surface area contributed by atoms with Crippen LogP contribution in [0, 0.1) is 0 Å². The number of likely N-dealkylation sites (N-methyl/N-ethyl adjacent to an activating group) is 1. The smallest absolute Gasteiger partial charge is 0.0865 e. The summed E-state index contributed by atoms with van der Waals surface area (Å²) in [6.07, 6.45) is 4.65. The molecule has 2 rings (SSSR count). The molecule has 2 heterocycles. The lowest BCUT2D eigenvalue weighted by molar-refractivity contribution is -0.0572. The number of hydrogen-bond donors (Lipinski definition) is 1. The van der Waals surface area contributed by atoms with Crippen LogP contribution in [0.25, 0.3) is 0 Å². The second-order valence-electron chi connectivity index (χ2n) is 4.52. The minimum absolute atomic E-state index is 0.556. The number of rotatable bonds is 3. The zero-order valence-electron chi connectivity index (χ0n) is 9.90. The number of aliphatic hydroxyl groups is 1. The lowest BCUT2D eigenvalue weighted by atomic mass is 9.94. The second kappa shape index (κ2) is 5.21. The number of pyridine rings is 1. The molecule has 1 fully saturated rings. The first-order chi connectivity index (χ1) is 8.11. The SMILES string of the molecule is CN(CC1(O)CCOCC1)c1ccncc1Cl. The molecule has 4 nitrogen and oxygen atoms in total. The number of anilines is 1. The Kier molecular flexibility index (Phi) is 3.86. The highest BCUT2D eigenvalue weighted by molar-refractivity contribution is 6.33. The van der Waals surface area contributed by atoms with Crippen molar-refractivity contribution in [1.29, 1.82) is 0 Å². The molecular weight excluding hydrogens is 240 g/mol. The van der Waals surface area contributed by atoms with Crippen molar-refractivity contribution in [2.45, 2.75) is 18.4 Å². The predicted octanol–water partition coefficient (Wildman–Crippen LogP) is 1.71. The molecule has 1 aliphatic rings. The number of halogens is 1. The topological polar surface area (TPSA) is 45.6 Å². The number of nitrogens with zero attached hydrogens (tertiary/aromatic N) is 2. The van der Waals surface area contributed by atoms with E-state index >= 15 is 0 Å². The van der Waals surface area contributed by atoms with E-state index in [9.17, 15) is 5.11 Å². The minimum atomic E-state index is -0.681. The summed E-state index contributed by atoms with van der Waals surface area (Å²) in [6, 6.07) is 1.85. The quantitative estimate of drug-likeness (QED) is 0.894. The van der Waals surface area contributed by atoms with E-state index in [0.29, 0.717) is 37.6 Å². The van der Waals surface area contributed by atoms with Crippen LogP contribution in [0.1, 0.15) is 12.8 Å². The Balaban J connectivity index is 2.06. The average Bonchev–Trinajstić information content (AvgIpc) is 2.29. The Morgan fingerprint density at radius 1 is 1.53 bits per heavy atom. The van der Waals surface area contributed by atoms with Gasteiger partial charge in [0.25, 0.3) is 0 Å². The Bertz CT molecular complexity index is 381. The summed E-state index contributed by atoms with van der Waals surface area (Å²) in [5.74, 6) is 0. The van der Waals surface area contributed by atoms with Gasteiger partial charge in [-0.15, -0.1) is 0 Å². The zero-order chi connectivity index (χ0) is 12.3. The summed E-state index contributed by atoms with van der Waals surface area (Å²) >= 11 is 6.07. The molecule has 1 aromatic rings. The monoisotopic (exact) mass is 256 g/mol. The fourth-order valence-corrected chi connectivity index (χ4v) is 2.38. The highest BCUT2D eigenvalue weighted by Crippen LogP contribution is 2.27. The van der Waals surface area contributed by atoms with Crippen molar-refractivity contribution < 1.29 is 9.84 Å². The molecule has 0 spiro atoms. The van der Waals surface area contributed by atoms with Crippen LogP contribution in [0.5, 0.6) is 0 Å². The van der Waals surface area contributed by atoms with Gasteiger partial charge in [0.1, 0.15) is 0 Å². The van der Waals surface area contributed by atoms with E-state index in [1.165, 1.54) is 0 Å². The second-order valence-corrected chi connectivity index (χ2v) is 4.93. The van der Waals surface area contributed by atoms with E-state index in [2.05, 4.69) is 4.98 Å². The third kappa shape index (κ3) is 3.09. The van der Waals surface area contributed by atoms with Gasteiger partial charge in [-0.2, -0.15) is 0 Å². The molecule has 0 aromatic carbocycles. The van der Waals surface area contributed by atoms with Crippen molar-refractivity contribution >= 4 is 17.3 Å². The highest BCUT2D eigenvalue weighted by atomic mass is 35.5. The molecule has 0 radical (unpaired) electrons. The van der Waals surface area contributed by atoms with Crippen molar-refractivity contribution in [2.24, 2.45) is 0 Å². The molecule has 1 aromatic heterocycles. The molecular formula is C12H17ClN2O2.